The summed E-state index contributed by atoms with van der Waals surface area (Å²) in [7, 11) is 1.68. The van der Waals surface area contributed by atoms with E-state index in [0.29, 0.717) is 16.8 Å². The molecule has 3 rings (SSSR count). The van der Waals surface area contributed by atoms with Crippen molar-refractivity contribution in [3.63, 3.8) is 0 Å². The maximum absolute atomic E-state index is 6.22. The Kier molecular flexibility index (Phi) is 8.70. The highest BCUT2D eigenvalue weighted by Gasteiger charge is 2.13. The third-order valence-electron chi connectivity index (χ3n) is 5.25. The Labute approximate surface area is 193 Å². The minimum Gasteiger partial charge on any atom is -0.497 e. The molecule has 1 N–H and O–H groups in total. The molecule has 0 aliphatic heterocycles. The molecule has 0 aliphatic carbocycles. The summed E-state index contributed by atoms with van der Waals surface area (Å²) >= 11 is 18.0. The first-order valence-electron chi connectivity index (χ1n) is 10.2. The molecular formula is C23H28Cl3N3O. The van der Waals surface area contributed by atoms with Crippen LogP contribution in [0.2, 0.25) is 5.02 Å². The van der Waals surface area contributed by atoms with Gasteiger partial charge in [-0.05, 0) is 62.7 Å². The molecule has 0 amide bonds. The average molecular weight is 469 g/mol. The van der Waals surface area contributed by atoms with Gasteiger partial charge in [0.15, 0.2) is 0 Å². The summed E-state index contributed by atoms with van der Waals surface area (Å²) in [4.78, 5) is 7.11. The lowest BCUT2D eigenvalue weighted by atomic mass is 10.1. The third-order valence-corrected chi connectivity index (χ3v) is 5.82. The highest BCUT2D eigenvalue weighted by Crippen LogP contribution is 2.34. The number of methoxy groups -OCH3 is 1. The van der Waals surface area contributed by atoms with Crippen molar-refractivity contribution in [1.29, 1.82) is 0 Å². The number of hydrogen-bond donors (Lipinski definition) is 1. The van der Waals surface area contributed by atoms with E-state index in [1.54, 1.807) is 7.11 Å². The van der Waals surface area contributed by atoms with Crippen LogP contribution < -0.4 is 10.1 Å². The molecule has 1 atom stereocenters. The fourth-order valence-electron chi connectivity index (χ4n) is 3.69. The second-order valence-corrected chi connectivity index (χ2v) is 8.63. The Balaban J connectivity index is 1.83. The Bertz CT molecular complexity index is 977. The zero-order valence-corrected chi connectivity index (χ0v) is 19.7. The van der Waals surface area contributed by atoms with Gasteiger partial charge in [-0.25, -0.2) is 4.98 Å². The summed E-state index contributed by atoms with van der Waals surface area (Å²) in [6, 6.07) is 12.1. The smallest absolute Gasteiger partial charge is 0.119 e. The van der Waals surface area contributed by atoms with Gasteiger partial charge in [0.25, 0.3) is 0 Å². The Hall–Kier alpha value is -1.46. The number of benzene rings is 2. The van der Waals surface area contributed by atoms with Gasteiger partial charge in [0.2, 0.25) is 0 Å². The van der Waals surface area contributed by atoms with Crippen LogP contribution in [0.25, 0.3) is 21.8 Å². The molecule has 0 spiro atoms. The monoisotopic (exact) mass is 467 g/mol. The standard InChI is InChI=1S/C23H28Cl3N3O/c1-16(4-3-11-29(12-9-24)13-10-25)27-23-19-7-5-17(26)14-22(19)28-21-8-6-18(30-2)15-20(21)23/h5-8,14-16H,3-4,9-13H2,1-2H3,(H,27,28)/t16-/m0/s1. The highest BCUT2D eigenvalue weighted by molar-refractivity contribution is 6.31. The van der Waals surface area contributed by atoms with Gasteiger partial charge in [-0.1, -0.05) is 11.6 Å². The summed E-state index contributed by atoms with van der Waals surface area (Å²) in [5.41, 5.74) is 2.86. The minimum atomic E-state index is 0.287. The van der Waals surface area contributed by atoms with E-state index in [4.69, 9.17) is 44.5 Å². The van der Waals surface area contributed by atoms with Crippen LogP contribution in [0, 0.1) is 0 Å². The first kappa shape index (κ1) is 23.2. The molecule has 0 aliphatic rings. The van der Waals surface area contributed by atoms with Crippen molar-refractivity contribution in [1.82, 2.24) is 9.88 Å². The lowest BCUT2D eigenvalue weighted by Gasteiger charge is -2.22. The summed E-state index contributed by atoms with van der Waals surface area (Å²) in [5.74, 6) is 2.07. The summed E-state index contributed by atoms with van der Waals surface area (Å²) in [6.45, 7) is 4.95. The number of ether oxygens (including phenoxy) is 1. The van der Waals surface area contributed by atoms with Crippen LogP contribution in [0.4, 0.5) is 5.69 Å². The number of rotatable bonds is 11. The maximum atomic E-state index is 6.22. The van der Waals surface area contributed by atoms with Crippen molar-refractivity contribution >= 4 is 62.3 Å². The summed E-state index contributed by atoms with van der Waals surface area (Å²) in [5, 5.41) is 6.51. The first-order chi connectivity index (χ1) is 14.5. The zero-order chi connectivity index (χ0) is 21.5. The van der Waals surface area contributed by atoms with Crippen LogP contribution >= 0.6 is 34.8 Å². The molecule has 162 valence electrons. The van der Waals surface area contributed by atoms with E-state index in [9.17, 15) is 0 Å². The van der Waals surface area contributed by atoms with Crippen molar-refractivity contribution in [2.75, 3.05) is 43.8 Å². The van der Waals surface area contributed by atoms with E-state index in [1.807, 2.05) is 36.4 Å². The van der Waals surface area contributed by atoms with E-state index in [0.717, 1.165) is 65.7 Å². The molecular weight excluding hydrogens is 441 g/mol. The molecule has 0 saturated carbocycles. The van der Waals surface area contributed by atoms with Crippen LogP contribution in [0.3, 0.4) is 0 Å². The van der Waals surface area contributed by atoms with Crippen molar-refractivity contribution in [2.45, 2.75) is 25.8 Å². The van der Waals surface area contributed by atoms with E-state index in [1.165, 1.54) is 0 Å². The SMILES string of the molecule is COc1ccc2nc3cc(Cl)ccc3c(N[C@@H](C)CCCN(CCCl)CCCl)c2c1. The number of pyridine rings is 1. The van der Waals surface area contributed by atoms with Gasteiger partial charge in [-0.15, -0.1) is 23.2 Å². The number of fused-ring (bicyclic) bond motifs is 2. The minimum absolute atomic E-state index is 0.287. The Morgan fingerprint density at radius 2 is 1.77 bits per heavy atom. The molecule has 30 heavy (non-hydrogen) atoms. The summed E-state index contributed by atoms with van der Waals surface area (Å²) < 4.78 is 5.45. The lowest BCUT2D eigenvalue weighted by molar-refractivity contribution is 0.298. The third kappa shape index (κ3) is 5.82. The maximum Gasteiger partial charge on any atom is 0.119 e. The quantitative estimate of drug-likeness (QED) is 0.260. The van der Waals surface area contributed by atoms with Crippen LogP contribution in [0.5, 0.6) is 5.75 Å². The normalized spacial score (nSPS) is 12.6. The predicted octanol–water partition coefficient (Wildman–Crippen LogP) is 6.41. The number of nitrogens with one attached hydrogen (secondary N) is 1. The van der Waals surface area contributed by atoms with Gasteiger partial charge >= 0.3 is 0 Å². The van der Waals surface area contributed by atoms with Crippen LogP contribution in [0.1, 0.15) is 19.8 Å². The van der Waals surface area contributed by atoms with Gasteiger partial charge in [0, 0.05) is 46.7 Å². The lowest BCUT2D eigenvalue weighted by Crippen LogP contribution is -2.30. The van der Waals surface area contributed by atoms with Crippen LogP contribution in [-0.2, 0) is 0 Å². The fraction of sp³-hybridized carbons (Fsp3) is 0.435. The van der Waals surface area contributed by atoms with Crippen LogP contribution in [-0.4, -0.2) is 54.4 Å². The summed E-state index contributed by atoms with van der Waals surface area (Å²) in [6.07, 6.45) is 2.10. The van der Waals surface area contributed by atoms with E-state index < -0.39 is 0 Å². The first-order valence-corrected chi connectivity index (χ1v) is 11.7. The molecule has 4 nitrogen and oxygen atoms in total. The van der Waals surface area contributed by atoms with Crippen molar-refractivity contribution in [2.24, 2.45) is 0 Å². The molecule has 0 saturated heterocycles. The molecule has 7 heteroatoms. The van der Waals surface area contributed by atoms with Gasteiger partial charge in [-0.3, -0.25) is 0 Å². The molecule has 0 radical (unpaired) electrons. The van der Waals surface area contributed by atoms with Crippen molar-refractivity contribution in [3.05, 3.63) is 41.4 Å². The molecule has 0 unspecified atom stereocenters. The molecule has 0 fully saturated rings. The highest BCUT2D eigenvalue weighted by atomic mass is 35.5. The molecule has 1 heterocycles. The van der Waals surface area contributed by atoms with Gasteiger partial charge in [0.05, 0.1) is 23.8 Å². The van der Waals surface area contributed by atoms with Crippen molar-refractivity contribution in [3.8, 4) is 5.75 Å². The Morgan fingerprint density at radius 3 is 2.47 bits per heavy atom. The molecule has 3 aromatic rings. The second-order valence-electron chi connectivity index (χ2n) is 7.44. The van der Waals surface area contributed by atoms with Gasteiger partial charge in [0.1, 0.15) is 5.75 Å². The zero-order valence-electron chi connectivity index (χ0n) is 17.4. The van der Waals surface area contributed by atoms with E-state index in [-0.39, 0.29) is 6.04 Å². The van der Waals surface area contributed by atoms with Gasteiger partial charge in [-0.2, -0.15) is 0 Å². The molecule has 0 bridgehead atoms. The fourth-order valence-corrected chi connectivity index (χ4v) is 4.34. The Morgan fingerprint density at radius 1 is 1.00 bits per heavy atom. The van der Waals surface area contributed by atoms with Crippen molar-refractivity contribution < 1.29 is 4.74 Å². The second kappa shape index (κ2) is 11.2. The number of hydrogen-bond acceptors (Lipinski definition) is 4. The van der Waals surface area contributed by atoms with Crippen LogP contribution in [0.15, 0.2) is 36.4 Å². The van der Waals surface area contributed by atoms with Gasteiger partial charge < -0.3 is 15.0 Å². The number of anilines is 1. The van der Waals surface area contributed by atoms with E-state index in [2.05, 4.69) is 17.1 Å². The molecule has 2 aromatic carbocycles. The average Bonchev–Trinajstić information content (AvgIpc) is 2.73. The largest absolute Gasteiger partial charge is 0.497 e. The number of nitrogens with zero attached hydrogens (tertiary/aromatic N) is 2. The molecule has 1 aromatic heterocycles. The van der Waals surface area contributed by atoms with E-state index >= 15 is 0 Å². The predicted molar refractivity (Wildman–Crippen MR) is 131 cm³/mol. The topological polar surface area (TPSA) is 37.4 Å². The number of aromatic nitrogens is 1. The number of alkyl halides is 2. The number of halogens is 3.